The van der Waals surface area contributed by atoms with E-state index in [2.05, 4.69) is 10.6 Å². The van der Waals surface area contributed by atoms with E-state index in [1.54, 1.807) is 12.1 Å². The van der Waals surface area contributed by atoms with Gasteiger partial charge in [0.2, 0.25) is 5.09 Å². The molecular formula is C26H31N3O8S. The number of sulfonamides is 1. The first kappa shape index (κ1) is 26.5. The maximum Gasteiger partial charge on any atom is 0.276 e. The summed E-state index contributed by atoms with van der Waals surface area (Å²) in [4.78, 5) is 39.4. The molecule has 204 valence electrons. The third kappa shape index (κ3) is 5.13. The van der Waals surface area contributed by atoms with E-state index in [9.17, 15) is 27.9 Å². The third-order valence-electron chi connectivity index (χ3n) is 7.50. The summed E-state index contributed by atoms with van der Waals surface area (Å²) in [6.07, 6.45) is 1.49. The van der Waals surface area contributed by atoms with Crippen LogP contribution >= 0.6 is 0 Å². The fourth-order valence-electron chi connectivity index (χ4n) is 5.44. The highest BCUT2D eigenvalue weighted by atomic mass is 32.2. The highest BCUT2D eigenvalue weighted by Gasteiger charge is 2.47. The first-order chi connectivity index (χ1) is 18.1. The molecule has 4 atom stereocenters. The molecule has 1 aromatic carbocycles. The number of hydrogen-bond acceptors (Lipinski definition) is 9. The molecule has 1 amide bonds. The van der Waals surface area contributed by atoms with Gasteiger partial charge in [-0.1, -0.05) is 12.1 Å². The first-order valence-corrected chi connectivity index (χ1v) is 14.2. The summed E-state index contributed by atoms with van der Waals surface area (Å²) >= 11 is 0. The van der Waals surface area contributed by atoms with Gasteiger partial charge in [0.25, 0.3) is 15.9 Å². The van der Waals surface area contributed by atoms with Gasteiger partial charge in [0.15, 0.2) is 11.6 Å². The standard InChI is InChI=1S/C26H31N3O8S/c1-15-19(13-22(37-15)38(34,35)29-10-2-3-11-29)26(33)28-20(12-16-4-6-17(30)7-5-16)24(32)18-8-9-27-23-21(31)14-36-25(18)23/h4-7,13,18,20,23,25,27,30H,2-3,8-12,14H2,1H3,(H,28,33). The monoisotopic (exact) mass is 545 g/mol. The molecule has 0 saturated carbocycles. The number of furan rings is 1. The van der Waals surface area contributed by atoms with Crippen molar-refractivity contribution in [1.82, 2.24) is 14.9 Å². The van der Waals surface area contributed by atoms with Crippen LogP contribution in [-0.4, -0.2) is 79.7 Å². The molecule has 3 aliphatic rings. The van der Waals surface area contributed by atoms with Gasteiger partial charge in [0.1, 0.15) is 18.1 Å². The number of phenolic OH excluding ortho intramolecular Hbond substituents is 1. The molecular weight excluding hydrogens is 514 g/mol. The van der Waals surface area contributed by atoms with Crippen molar-refractivity contribution >= 4 is 27.5 Å². The quantitative estimate of drug-likeness (QED) is 0.439. The van der Waals surface area contributed by atoms with Crippen molar-refractivity contribution in [2.24, 2.45) is 5.92 Å². The average molecular weight is 546 g/mol. The summed E-state index contributed by atoms with van der Waals surface area (Å²) in [5.74, 6) is -1.42. The second-order valence-corrected chi connectivity index (χ2v) is 11.9. The molecule has 0 aliphatic carbocycles. The first-order valence-electron chi connectivity index (χ1n) is 12.8. The Morgan fingerprint density at radius 3 is 2.63 bits per heavy atom. The topological polar surface area (TPSA) is 155 Å². The van der Waals surface area contributed by atoms with E-state index in [0.717, 1.165) is 12.8 Å². The zero-order valence-electron chi connectivity index (χ0n) is 21.0. The molecule has 0 spiro atoms. The number of rotatable bonds is 8. The number of phenols is 1. The SMILES string of the molecule is Cc1oc(S(=O)(=O)N2CCCC2)cc1C(=O)NC(Cc1ccc(O)cc1)C(=O)C1CCNC2C(=O)COC12. The normalized spacial score (nSPS) is 24.8. The van der Waals surface area contributed by atoms with Gasteiger partial charge >= 0.3 is 0 Å². The van der Waals surface area contributed by atoms with Crippen molar-refractivity contribution < 1.29 is 37.1 Å². The molecule has 4 unspecified atom stereocenters. The van der Waals surface area contributed by atoms with E-state index in [1.807, 2.05) is 0 Å². The van der Waals surface area contributed by atoms with Gasteiger partial charge in [-0.2, -0.15) is 4.31 Å². The second kappa shape index (κ2) is 10.6. The van der Waals surface area contributed by atoms with Crippen molar-refractivity contribution in [3.05, 3.63) is 47.2 Å². The van der Waals surface area contributed by atoms with Crippen LogP contribution in [0.25, 0.3) is 0 Å². The highest BCUT2D eigenvalue weighted by molar-refractivity contribution is 7.89. The largest absolute Gasteiger partial charge is 0.508 e. The molecule has 0 bridgehead atoms. The Bertz CT molecular complexity index is 1330. The van der Waals surface area contributed by atoms with Crippen LogP contribution in [-0.2, 0) is 30.8 Å². The second-order valence-electron chi connectivity index (χ2n) is 10.0. The molecule has 1 aromatic heterocycles. The molecule has 3 saturated heterocycles. The lowest BCUT2D eigenvalue weighted by molar-refractivity contribution is -0.130. The maximum absolute atomic E-state index is 13.8. The van der Waals surface area contributed by atoms with Crippen molar-refractivity contribution in [1.29, 1.82) is 0 Å². The van der Waals surface area contributed by atoms with E-state index in [0.29, 0.717) is 31.6 Å². The minimum Gasteiger partial charge on any atom is -0.508 e. The van der Waals surface area contributed by atoms with Crippen LogP contribution in [0.2, 0.25) is 0 Å². The van der Waals surface area contributed by atoms with Crippen LogP contribution < -0.4 is 10.6 Å². The number of benzene rings is 1. The Hall–Kier alpha value is -3.06. The number of fused-ring (bicyclic) bond motifs is 1. The van der Waals surface area contributed by atoms with Crippen molar-refractivity contribution in [3.63, 3.8) is 0 Å². The lowest BCUT2D eigenvalue weighted by Crippen LogP contribution is -2.56. The molecule has 11 nitrogen and oxygen atoms in total. The lowest BCUT2D eigenvalue weighted by Gasteiger charge is -2.34. The fourth-order valence-corrected chi connectivity index (χ4v) is 6.93. The molecule has 3 fully saturated rings. The number of carbonyl (C=O) groups excluding carboxylic acids is 3. The van der Waals surface area contributed by atoms with Crippen molar-refractivity contribution in [2.75, 3.05) is 26.2 Å². The summed E-state index contributed by atoms with van der Waals surface area (Å²) in [6.45, 7) is 2.70. The zero-order chi connectivity index (χ0) is 27.0. The number of ketones is 2. The summed E-state index contributed by atoms with van der Waals surface area (Å²) < 4.78 is 38.4. The molecule has 3 N–H and O–H groups in total. The summed E-state index contributed by atoms with van der Waals surface area (Å²) in [7, 11) is -3.86. The number of nitrogens with one attached hydrogen (secondary N) is 2. The molecule has 3 aliphatic heterocycles. The number of ether oxygens (including phenoxy) is 1. The fraction of sp³-hybridized carbons (Fsp3) is 0.500. The maximum atomic E-state index is 13.8. The molecule has 12 heteroatoms. The van der Waals surface area contributed by atoms with Gasteiger partial charge in [0.05, 0.1) is 23.8 Å². The van der Waals surface area contributed by atoms with Crippen LogP contribution in [0.5, 0.6) is 5.75 Å². The van der Waals surface area contributed by atoms with Gasteiger partial charge in [-0.3, -0.25) is 14.4 Å². The predicted molar refractivity (Wildman–Crippen MR) is 134 cm³/mol. The number of piperidine rings is 1. The van der Waals surface area contributed by atoms with E-state index < -0.39 is 40.0 Å². The van der Waals surface area contributed by atoms with Crippen LogP contribution in [0.15, 0.2) is 39.8 Å². The molecule has 38 heavy (non-hydrogen) atoms. The number of aryl methyl sites for hydroxylation is 1. The van der Waals surface area contributed by atoms with Crippen LogP contribution in [0.3, 0.4) is 0 Å². The Labute approximate surface area is 220 Å². The number of aromatic hydroxyl groups is 1. The van der Waals surface area contributed by atoms with Gasteiger partial charge in [-0.15, -0.1) is 0 Å². The van der Waals surface area contributed by atoms with E-state index >= 15 is 0 Å². The number of Topliss-reactive ketones (excluding diaryl/α,β-unsaturated/α-hetero) is 2. The van der Waals surface area contributed by atoms with Gasteiger partial charge < -0.3 is 24.9 Å². The van der Waals surface area contributed by atoms with Crippen molar-refractivity contribution in [3.8, 4) is 5.75 Å². The lowest BCUT2D eigenvalue weighted by atomic mass is 9.82. The summed E-state index contributed by atoms with van der Waals surface area (Å²) in [5.41, 5.74) is 0.735. The van der Waals surface area contributed by atoms with Gasteiger partial charge in [0, 0.05) is 25.1 Å². The number of hydrogen-bond donors (Lipinski definition) is 3. The van der Waals surface area contributed by atoms with Crippen LogP contribution in [0.1, 0.15) is 40.9 Å². The number of carbonyl (C=O) groups is 3. The van der Waals surface area contributed by atoms with E-state index in [1.165, 1.54) is 29.4 Å². The zero-order valence-corrected chi connectivity index (χ0v) is 21.8. The number of amides is 1. The molecule has 2 aromatic rings. The smallest absolute Gasteiger partial charge is 0.276 e. The van der Waals surface area contributed by atoms with E-state index in [4.69, 9.17) is 9.15 Å². The molecule has 4 heterocycles. The van der Waals surface area contributed by atoms with Crippen LogP contribution in [0.4, 0.5) is 0 Å². The minimum atomic E-state index is -3.86. The molecule has 5 rings (SSSR count). The van der Waals surface area contributed by atoms with Crippen LogP contribution in [0, 0.1) is 12.8 Å². The summed E-state index contributed by atoms with van der Waals surface area (Å²) in [6, 6.07) is 5.97. The van der Waals surface area contributed by atoms with Gasteiger partial charge in [-0.25, -0.2) is 8.42 Å². The minimum absolute atomic E-state index is 0.0294. The number of nitrogens with zero attached hydrogens (tertiary/aromatic N) is 1. The Kier molecular flexibility index (Phi) is 7.40. The third-order valence-corrected chi connectivity index (χ3v) is 9.25. The average Bonchev–Trinajstić information content (AvgIpc) is 3.65. The molecule has 0 radical (unpaired) electrons. The van der Waals surface area contributed by atoms with Gasteiger partial charge in [-0.05, 0) is 56.8 Å². The van der Waals surface area contributed by atoms with E-state index in [-0.39, 0.29) is 46.8 Å². The van der Waals surface area contributed by atoms with Crippen molar-refractivity contribution in [2.45, 2.75) is 55.9 Å². The Morgan fingerprint density at radius 1 is 1.21 bits per heavy atom. The highest BCUT2D eigenvalue weighted by Crippen LogP contribution is 2.29. The summed E-state index contributed by atoms with van der Waals surface area (Å²) in [5, 5.41) is 15.2. The predicted octanol–water partition coefficient (Wildman–Crippen LogP) is 0.934. The Balaban J connectivity index is 1.40. The Morgan fingerprint density at radius 2 is 1.92 bits per heavy atom.